The summed E-state index contributed by atoms with van der Waals surface area (Å²) in [5.74, 6) is -0.394. The molecule has 0 aliphatic heterocycles. The first-order valence-electron chi connectivity index (χ1n) is 7.93. The summed E-state index contributed by atoms with van der Waals surface area (Å²) < 4.78 is 2.15. The van der Waals surface area contributed by atoms with Gasteiger partial charge in [-0.2, -0.15) is 0 Å². The highest BCUT2D eigenvalue weighted by Gasteiger charge is 2.18. The summed E-state index contributed by atoms with van der Waals surface area (Å²) in [6.45, 7) is 6.79. The summed E-state index contributed by atoms with van der Waals surface area (Å²) in [7, 11) is 0. The van der Waals surface area contributed by atoms with Crippen molar-refractivity contribution in [1.29, 1.82) is 0 Å². The zero-order valence-corrected chi connectivity index (χ0v) is 15.0. The minimum Gasteiger partial charge on any atom is -0.366 e. The van der Waals surface area contributed by atoms with Crippen molar-refractivity contribution in [3.05, 3.63) is 63.1 Å². The van der Waals surface area contributed by atoms with Gasteiger partial charge in [0.2, 0.25) is 0 Å². The molecule has 24 heavy (non-hydrogen) atoms. The fourth-order valence-electron chi connectivity index (χ4n) is 2.87. The molecule has 0 saturated heterocycles. The molecule has 2 aromatic heterocycles. The van der Waals surface area contributed by atoms with Crippen molar-refractivity contribution in [2.45, 2.75) is 33.7 Å². The predicted octanol–water partition coefficient (Wildman–Crippen LogP) is 3.88. The van der Waals surface area contributed by atoms with Gasteiger partial charge in [0, 0.05) is 17.6 Å². The van der Waals surface area contributed by atoms with Gasteiger partial charge in [-0.15, -0.1) is 11.3 Å². The van der Waals surface area contributed by atoms with Gasteiger partial charge >= 0.3 is 0 Å². The van der Waals surface area contributed by atoms with Crippen molar-refractivity contribution in [2.75, 3.05) is 0 Å². The number of benzene rings is 1. The maximum atomic E-state index is 11.7. The van der Waals surface area contributed by atoms with Crippen LogP contribution in [0.5, 0.6) is 0 Å². The second-order valence-electron chi connectivity index (χ2n) is 6.03. The van der Waals surface area contributed by atoms with E-state index in [0.29, 0.717) is 5.56 Å². The molecule has 0 fully saturated rings. The van der Waals surface area contributed by atoms with E-state index in [-0.39, 0.29) is 0 Å². The van der Waals surface area contributed by atoms with Crippen LogP contribution in [0.1, 0.15) is 32.2 Å². The Labute approximate surface area is 146 Å². The van der Waals surface area contributed by atoms with Gasteiger partial charge in [0.25, 0.3) is 5.91 Å². The van der Waals surface area contributed by atoms with Crippen molar-refractivity contribution < 1.29 is 4.79 Å². The highest BCUT2D eigenvalue weighted by molar-refractivity contribution is 7.09. The van der Waals surface area contributed by atoms with Crippen LogP contribution in [0.3, 0.4) is 0 Å². The highest BCUT2D eigenvalue weighted by atomic mass is 32.1. The van der Waals surface area contributed by atoms with Crippen LogP contribution < -0.4 is 5.73 Å². The highest BCUT2D eigenvalue weighted by Crippen LogP contribution is 2.27. The minimum absolute atomic E-state index is 0.394. The number of aryl methyl sites for hydroxylation is 3. The molecule has 4 nitrogen and oxygen atoms in total. The largest absolute Gasteiger partial charge is 0.366 e. The summed E-state index contributed by atoms with van der Waals surface area (Å²) in [5, 5.41) is 3.03. The lowest BCUT2D eigenvalue weighted by Crippen LogP contribution is -2.13. The lowest BCUT2D eigenvalue weighted by Gasteiger charge is -2.11. The van der Waals surface area contributed by atoms with E-state index in [1.54, 1.807) is 11.3 Å². The number of rotatable bonds is 5. The molecule has 2 N–H and O–H groups in total. The number of aromatic nitrogens is 2. The first-order valence-corrected chi connectivity index (χ1v) is 8.81. The molecule has 1 aromatic carbocycles. The Morgan fingerprint density at radius 1 is 1.21 bits per heavy atom. The lowest BCUT2D eigenvalue weighted by atomic mass is 10.1. The molecule has 5 heteroatoms. The zero-order valence-electron chi connectivity index (χ0n) is 14.2. The first kappa shape index (κ1) is 16.5. The number of carbonyl (C=O) groups excluding carboxylic acids is 1. The van der Waals surface area contributed by atoms with E-state index in [4.69, 9.17) is 5.73 Å². The topological polar surface area (TPSA) is 60.9 Å². The number of nitrogens with two attached hydrogens (primary N) is 1. The number of thiazole rings is 1. The lowest BCUT2D eigenvalue weighted by molar-refractivity contribution is 0.0999. The molecular weight excluding hydrogens is 318 g/mol. The smallest absolute Gasteiger partial charge is 0.250 e. The van der Waals surface area contributed by atoms with Crippen LogP contribution in [0.25, 0.3) is 11.4 Å². The van der Waals surface area contributed by atoms with E-state index in [1.807, 2.05) is 25.3 Å². The van der Waals surface area contributed by atoms with Gasteiger partial charge in [-0.05, 0) is 38.8 Å². The molecule has 0 spiro atoms. The normalized spacial score (nSPS) is 11.0. The van der Waals surface area contributed by atoms with Crippen LogP contribution >= 0.6 is 11.3 Å². The van der Waals surface area contributed by atoms with Crippen molar-refractivity contribution >= 4 is 17.2 Å². The summed E-state index contributed by atoms with van der Waals surface area (Å²) in [6, 6.07) is 10.4. The third kappa shape index (κ3) is 3.26. The molecule has 0 radical (unpaired) electrons. The van der Waals surface area contributed by atoms with Gasteiger partial charge in [0.15, 0.2) is 0 Å². The zero-order chi connectivity index (χ0) is 17.3. The molecule has 0 unspecified atom stereocenters. The van der Waals surface area contributed by atoms with E-state index >= 15 is 0 Å². The summed E-state index contributed by atoms with van der Waals surface area (Å²) >= 11 is 1.61. The summed E-state index contributed by atoms with van der Waals surface area (Å²) in [6.07, 6.45) is 0.893. The van der Waals surface area contributed by atoms with Gasteiger partial charge in [-0.25, -0.2) is 4.98 Å². The molecule has 3 rings (SSSR count). The van der Waals surface area contributed by atoms with Gasteiger partial charge < -0.3 is 10.3 Å². The summed E-state index contributed by atoms with van der Waals surface area (Å²) in [5.41, 5.74) is 11.4. The molecule has 1 amide bonds. The molecule has 124 valence electrons. The Morgan fingerprint density at radius 2 is 1.92 bits per heavy atom. The van der Waals surface area contributed by atoms with Crippen LogP contribution in [0, 0.1) is 20.8 Å². The number of hydrogen-bond donors (Lipinski definition) is 1. The molecule has 2 heterocycles. The quantitative estimate of drug-likeness (QED) is 0.767. The molecule has 3 aromatic rings. The molecule has 0 aliphatic rings. The van der Waals surface area contributed by atoms with Crippen molar-refractivity contribution in [1.82, 2.24) is 9.55 Å². The van der Waals surface area contributed by atoms with E-state index < -0.39 is 5.91 Å². The monoisotopic (exact) mass is 339 g/mol. The summed E-state index contributed by atoms with van der Waals surface area (Å²) in [4.78, 5) is 16.3. The average Bonchev–Trinajstić information content (AvgIpc) is 3.10. The Hall–Kier alpha value is -2.40. The number of hydrogen-bond acceptors (Lipinski definition) is 3. The van der Waals surface area contributed by atoms with Crippen molar-refractivity contribution in [3.8, 4) is 11.4 Å². The number of primary amides is 1. The Morgan fingerprint density at radius 3 is 2.50 bits per heavy atom. The Balaban J connectivity index is 1.95. The van der Waals surface area contributed by atoms with Crippen molar-refractivity contribution in [2.24, 2.45) is 5.73 Å². The number of amides is 1. The number of carbonyl (C=O) groups is 1. The molecule has 0 bridgehead atoms. The van der Waals surface area contributed by atoms with Gasteiger partial charge in [-0.1, -0.05) is 29.8 Å². The van der Waals surface area contributed by atoms with E-state index in [9.17, 15) is 4.79 Å². The van der Waals surface area contributed by atoms with Gasteiger partial charge in [-0.3, -0.25) is 4.79 Å². The minimum atomic E-state index is -0.394. The standard InChI is InChI=1S/C19H21N3OS/c1-12-4-6-15(7-5-12)8-9-22-13(2)16(19(20)23)10-18(22)17-11-24-14(3)21-17/h4-7,10-11H,8-9H2,1-3H3,(H2,20,23). The molecule has 0 aliphatic carbocycles. The Bertz CT molecular complexity index is 875. The second kappa shape index (κ2) is 6.61. The fraction of sp³-hybridized carbons (Fsp3) is 0.263. The maximum absolute atomic E-state index is 11.7. The fourth-order valence-corrected chi connectivity index (χ4v) is 3.48. The van der Waals surface area contributed by atoms with Crippen LogP contribution in [0.15, 0.2) is 35.7 Å². The second-order valence-corrected chi connectivity index (χ2v) is 7.09. The van der Waals surface area contributed by atoms with Crippen molar-refractivity contribution in [3.63, 3.8) is 0 Å². The van der Waals surface area contributed by atoms with Crippen LogP contribution in [-0.2, 0) is 13.0 Å². The van der Waals surface area contributed by atoms with Crippen LogP contribution in [0.4, 0.5) is 0 Å². The first-order chi connectivity index (χ1) is 11.5. The van der Waals surface area contributed by atoms with Gasteiger partial charge in [0.05, 0.1) is 22.0 Å². The van der Waals surface area contributed by atoms with E-state index in [0.717, 1.165) is 35.1 Å². The third-order valence-corrected chi connectivity index (χ3v) is 5.03. The average molecular weight is 339 g/mol. The number of nitrogens with zero attached hydrogens (tertiary/aromatic N) is 2. The maximum Gasteiger partial charge on any atom is 0.250 e. The molecular formula is C19H21N3OS. The van der Waals surface area contributed by atoms with E-state index in [2.05, 4.69) is 40.7 Å². The Kier molecular flexibility index (Phi) is 4.53. The predicted molar refractivity (Wildman–Crippen MR) is 98.4 cm³/mol. The molecule has 0 atom stereocenters. The van der Waals surface area contributed by atoms with E-state index in [1.165, 1.54) is 11.1 Å². The third-order valence-electron chi connectivity index (χ3n) is 4.26. The SMILES string of the molecule is Cc1ccc(CCn2c(-c3csc(C)n3)cc(C(N)=O)c2C)cc1. The molecule has 0 saturated carbocycles. The van der Waals surface area contributed by atoms with Crippen LogP contribution in [-0.4, -0.2) is 15.5 Å². The van der Waals surface area contributed by atoms with Gasteiger partial charge in [0.1, 0.15) is 0 Å². The van der Waals surface area contributed by atoms with Crippen LogP contribution in [0.2, 0.25) is 0 Å².